The molecular weight excluding hydrogens is 256 g/mol. The fourth-order valence-electron chi connectivity index (χ4n) is 1.85. The van der Waals surface area contributed by atoms with Crippen LogP contribution in [-0.4, -0.2) is 15.7 Å². The van der Waals surface area contributed by atoms with Crippen molar-refractivity contribution in [3.63, 3.8) is 0 Å². The summed E-state index contributed by atoms with van der Waals surface area (Å²) in [6, 6.07) is 7.63. The Bertz CT molecular complexity index is 580. The topological polar surface area (TPSA) is 82.2 Å². The van der Waals surface area contributed by atoms with Crippen LogP contribution in [0.15, 0.2) is 36.7 Å². The number of hydrazine groups is 1. The summed E-state index contributed by atoms with van der Waals surface area (Å²) < 4.78 is 7.48. The van der Waals surface area contributed by atoms with E-state index in [1.807, 2.05) is 37.4 Å². The lowest BCUT2D eigenvalue weighted by Gasteiger charge is -2.09. The Morgan fingerprint density at radius 1 is 1.40 bits per heavy atom. The molecule has 0 aliphatic heterocycles. The van der Waals surface area contributed by atoms with Gasteiger partial charge in [-0.15, -0.1) is 0 Å². The van der Waals surface area contributed by atoms with Gasteiger partial charge in [-0.1, -0.05) is 24.3 Å². The van der Waals surface area contributed by atoms with Crippen molar-refractivity contribution >= 4 is 5.91 Å². The molecule has 0 saturated carbocycles. The van der Waals surface area contributed by atoms with Crippen LogP contribution in [-0.2, 0) is 24.4 Å². The lowest BCUT2D eigenvalue weighted by Crippen LogP contribution is -2.31. The molecule has 6 heteroatoms. The second kappa shape index (κ2) is 6.72. The van der Waals surface area contributed by atoms with Crippen molar-refractivity contribution in [1.82, 2.24) is 15.2 Å². The minimum atomic E-state index is -0.226. The van der Waals surface area contributed by atoms with Gasteiger partial charge in [0.05, 0.1) is 18.8 Å². The molecule has 1 aromatic heterocycles. The predicted molar refractivity (Wildman–Crippen MR) is 74.7 cm³/mol. The summed E-state index contributed by atoms with van der Waals surface area (Å²) in [4.78, 5) is 11.4. The largest absolute Gasteiger partial charge is 0.486 e. The number of aromatic nitrogens is 2. The summed E-state index contributed by atoms with van der Waals surface area (Å²) in [6.07, 6.45) is 3.76. The van der Waals surface area contributed by atoms with Crippen molar-refractivity contribution in [3.8, 4) is 5.75 Å². The third kappa shape index (κ3) is 3.58. The maximum atomic E-state index is 11.4. The molecule has 2 rings (SSSR count). The first kappa shape index (κ1) is 14.1. The summed E-state index contributed by atoms with van der Waals surface area (Å²) in [5, 5.41) is 4.14. The zero-order chi connectivity index (χ0) is 14.4. The van der Waals surface area contributed by atoms with E-state index in [0.717, 1.165) is 17.7 Å². The van der Waals surface area contributed by atoms with E-state index in [1.54, 1.807) is 10.9 Å². The number of rotatable bonds is 6. The molecule has 0 saturated heterocycles. The summed E-state index contributed by atoms with van der Waals surface area (Å²) in [7, 11) is 0. The molecule has 6 nitrogen and oxygen atoms in total. The first-order valence-corrected chi connectivity index (χ1v) is 6.44. The van der Waals surface area contributed by atoms with Gasteiger partial charge in [0.2, 0.25) is 5.91 Å². The number of hydrogen-bond acceptors (Lipinski definition) is 4. The zero-order valence-electron chi connectivity index (χ0n) is 11.4. The van der Waals surface area contributed by atoms with Crippen molar-refractivity contribution in [2.45, 2.75) is 26.5 Å². The van der Waals surface area contributed by atoms with E-state index in [0.29, 0.717) is 12.4 Å². The number of benzene rings is 1. The number of nitrogens with one attached hydrogen (secondary N) is 1. The minimum absolute atomic E-state index is 0.226. The van der Waals surface area contributed by atoms with Crippen molar-refractivity contribution in [2.24, 2.45) is 5.84 Å². The second-order valence-electron chi connectivity index (χ2n) is 4.33. The zero-order valence-corrected chi connectivity index (χ0v) is 11.4. The van der Waals surface area contributed by atoms with Gasteiger partial charge in [0.25, 0.3) is 0 Å². The van der Waals surface area contributed by atoms with Crippen LogP contribution in [0.25, 0.3) is 0 Å². The van der Waals surface area contributed by atoms with Crippen molar-refractivity contribution < 1.29 is 9.53 Å². The Labute approximate surface area is 117 Å². The number of amides is 1. The SMILES string of the molecule is CCn1cc(OCc2ccccc2CC(=O)NN)cn1. The van der Waals surface area contributed by atoms with Crippen molar-refractivity contribution in [2.75, 3.05) is 0 Å². The number of hydrogen-bond donors (Lipinski definition) is 2. The highest BCUT2D eigenvalue weighted by Crippen LogP contribution is 2.15. The van der Waals surface area contributed by atoms with Crippen LogP contribution in [0.5, 0.6) is 5.75 Å². The molecule has 1 amide bonds. The summed E-state index contributed by atoms with van der Waals surface area (Å²) in [5.41, 5.74) is 3.99. The van der Waals surface area contributed by atoms with Gasteiger partial charge < -0.3 is 4.74 Å². The van der Waals surface area contributed by atoms with Gasteiger partial charge in [0.1, 0.15) is 6.61 Å². The summed E-state index contributed by atoms with van der Waals surface area (Å²) >= 11 is 0. The number of aryl methyl sites for hydroxylation is 1. The van der Waals surface area contributed by atoms with E-state index < -0.39 is 0 Å². The van der Waals surface area contributed by atoms with E-state index in [2.05, 4.69) is 10.5 Å². The quantitative estimate of drug-likeness (QED) is 0.468. The van der Waals surface area contributed by atoms with E-state index in [9.17, 15) is 4.79 Å². The Morgan fingerprint density at radius 3 is 2.80 bits per heavy atom. The molecule has 0 atom stereocenters. The van der Waals surface area contributed by atoms with Gasteiger partial charge in [-0.2, -0.15) is 5.10 Å². The van der Waals surface area contributed by atoms with Gasteiger partial charge >= 0.3 is 0 Å². The normalized spacial score (nSPS) is 10.3. The molecular formula is C14H18N4O2. The molecule has 0 aliphatic carbocycles. The molecule has 1 heterocycles. The Morgan fingerprint density at radius 2 is 2.15 bits per heavy atom. The van der Waals surface area contributed by atoms with Crippen LogP contribution >= 0.6 is 0 Å². The summed E-state index contributed by atoms with van der Waals surface area (Å²) in [6.45, 7) is 3.21. The van der Waals surface area contributed by atoms with Gasteiger partial charge in [-0.3, -0.25) is 14.9 Å². The van der Waals surface area contributed by atoms with Crippen molar-refractivity contribution in [3.05, 3.63) is 47.8 Å². The highest BCUT2D eigenvalue weighted by molar-refractivity contribution is 5.78. The monoisotopic (exact) mass is 274 g/mol. The van der Waals surface area contributed by atoms with E-state index in [4.69, 9.17) is 10.6 Å². The lowest BCUT2D eigenvalue weighted by atomic mass is 10.1. The van der Waals surface area contributed by atoms with Gasteiger partial charge in [-0.25, -0.2) is 5.84 Å². The highest BCUT2D eigenvalue weighted by Gasteiger charge is 2.07. The van der Waals surface area contributed by atoms with E-state index in [1.165, 1.54) is 0 Å². The Hall–Kier alpha value is -2.34. The van der Waals surface area contributed by atoms with Crippen LogP contribution in [0.1, 0.15) is 18.1 Å². The molecule has 0 unspecified atom stereocenters. The van der Waals surface area contributed by atoms with E-state index >= 15 is 0 Å². The average molecular weight is 274 g/mol. The number of nitrogens with two attached hydrogens (primary N) is 1. The first-order chi connectivity index (χ1) is 9.72. The molecule has 0 aliphatic rings. The molecule has 0 spiro atoms. The summed E-state index contributed by atoms with van der Waals surface area (Å²) in [5.74, 6) is 5.60. The number of nitrogens with zero attached hydrogens (tertiary/aromatic N) is 2. The molecule has 20 heavy (non-hydrogen) atoms. The van der Waals surface area contributed by atoms with E-state index in [-0.39, 0.29) is 12.3 Å². The lowest BCUT2D eigenvalue weighted by molar-refractivity contribution is -0.120. The van der Waals surface area contributed by atoms with Crippen LogP contribution in [0.2, 0.25) is 0 Å². The number of ether oxygens (including phenoxy) is 1. The van der Waals surface area contributed by atoms with Crippen LogP contribution in [0.3, 0.4) is 0 Å². The van der Waals surface area contributed by atoms with Crippen LogP contribution < -0.4 is 16.0 Å². The van der Waals surface area contributed by atoms with Crippen molar-refractivity contribution in [1.29, 1.82) is 0 Å². The van der Waals surface area contributed by atoms with Gasteiger partial charge in [0, 0.05) is 6.54 Å². The van der Waals surface area contributed by atoms with Crippen LogP contribution in [0, 0.1) is 0 Å². The molecule has 1 aromatic carbocycles. The second-order valence-corrected chi connectivity index (χ2v) is 4.33. The minimum Gasteiger partial charge on any atom is -0.486 e. The first-order valence-electron chi connectivity index (χ1n) is 6.44. The van der Waals surface area contributed by atoms with Gasteiger partial charge in [0.15, 0.2) is 5.75 Å². The third-order valence-electron chi connectivity index (χ3n) is 2.96. The molecule has 0 fully saturated rings. The molecule has 2 aromatic rings. The predicted octanol–water partition coefficient (Wildman–Crippen LogP) is 1.01. The fourth-order valence-corrected chi connectivity index (χ4v) is 1.85. The average Bonchev–Trinajstić information content (AvgIpc) is 2.94. The van der Waals surface area contributed by atoms with Crippen LogP contribution in [0.4, 0.5) is 0 Å². The molecule has 3 N–H and O–H groups in total. The molecule has 0 bridgehead atoms. The Balaban J connectivity index is 2.03. The Kier molecular flexibility index (Phi) is 4.73. The number of carbonyl (C=O) groups excluding carboxylic acids is 1. The maximum absolute atomic E-state index is 11.4. The molecule has 106 valence electrons. The van der Waals surface area contributed by atoms with Gasteiger partial charge in [-0.05, 0) is 18.1 Å². The number of carbonyl (C=O) groups is 1. The smallest absolute Gasteiger partial charge is 0.238 e. The maximum Gasteiger partial charge on any atom is 0.238 e. The third-order valence-corrected chi connectivity index (χ3v) is 2.96. The fraction of sp³-hybridized carbons (Fsp3) is 0.286. The molecule has 0 radical (unpaired) electrons. The highest BCUT2D eigenvalue weighted by atomic mass is 16.5. The standard InChI is InChI=1S/C14H18N4O2/c1-2-18-9-13(8-16-18)20-10-12-6-4-3-5-11(12)7-14(19)17-15/h3-6,8-9H,2,7,10,15H2,1H3,(H,17,19).